The van der Waals surface area contributed by atoms with Crippen LogP contribution in [0.15, 0.2) is 41.2 Å². The quantitative estimate of drug-likeness (QED) is 0.905. The highest BCUT2D eigenvalue weighted by Gasteiger charge is 2.24. The van der Waals surface area contributed by atoms with Crippen LogP contribution in [0, 0.1) is 5.92 Å². The zero-order valence-electron chi connectivity index (χ0n) is 12.1. The van der Waals surface area contributed by atoms with Gasteiger partial charge in [0, 0.05) is 24.6 Å². The highest BCUT2D eigenvalue weighted by molar-refractivity contribution is 6.11. The molecule has 2 aliphatic carbocycles. The van der Waals surface area contributed by atoms with Gasteiger partial charge in [0.05, 0.1) is 17.1 Å². The van der Waals surface area contributed by atoms with Crippen molar-refractivity contribution in [2.75, 3.05) is 6.61 Å². The maximum atomic E-state index is 9.00. The summed E-state index contributed by atoms with van der Waals surface area (Å²) in [6, 6.07) is 2.25. The molecule has 0 bridgehead atoms. The van der Waals surface area contributed by atoms with Crippen LogP contribution in [0.1, 0.15) is 36.9 Å². The fraction of sp³-hybridized carbons (Fsp3) is 0.389. The van der Waals surface area contributed by atoms with Gasteiger partial charge in [0.2, 0.25) is 0 Å². The first-order valence-corrected chi connectivity index (χ1v) is 7.84. The summed E-state index contributed by atoms with van der Waals surface area (Å²) in [5.74, 6) is 0.502. The molecule has 1 N–H and O–H groups in total. The van der Waals surface area contributed by atoms with Crippen LogP contribution in [0.5, 0.6) is 0 Å². The minimum absolute atomic E-state index is 0.275. The molecular weight excluding hydrogens is 260 g/mol. The first kappa shape index (κ1) is 12.8. The van der Waals surface area contributed by atoms with Gasteiger partial charge in [-0.3, -0.25) is 4.99 Å². The van der Waals surface area contributed by atoms with Crippen LogP contribution in [-0.4, -0.2) is 22.5 Å². The molecule has 0 amide bonds. The normalized spacial score (nSPS) is 22.7. The predicted octanol–water partition coefficient (Wildman–Crippen LogP) is 3.42. The Balaban J connectivity index is 1.73. The molecule has 1 atom stereocenters. The summed E-state index contributed by atoms with van der Waals surface area (Å²) in [4.78, 5) is 4.77. The summed E-state index contributed by atoms with van der Waals surface area (Å²) in [5, 5.41) is 9.00. The summed E-state index contributed by atoms with van der Waals surface area (Å²) in [6.07, 6.45) is 16.1. The lowest BCUT2D eigenvalue weighted by atomic mass is 9.92. The molecule has 4 rings (SSSR count). The van der Waals surface area contributed by atoms with Gasteiger partial charge in [-0.05, 0) is 55.7 Å². The number of hydrogen-bond donors (Lipinski definition) is 1. The van der Waals surface area contributed by atoms with E-state index in [1.807, 2.05) is 6.21 Å². The summed E-state index contributed by atoms with van der Waals surface area (Å²) in [6.45, 7) is 0.275. The molecular formula is C18H20N2O. The highest BCUT2D eigenvalue weighted by Crippen LogP contribution is 2.37. The van der Waals surface area contributed by atoms with Crippen LogP contribution in [0.4, 0.5) is 0 Å². The number of fused-ring (bicyclic) bond motifs is 1. The third-order valence-corrected chi connectivity index (χ3v) is 4.65. The molecule has 0 saturated carbocycles. The summed E-state index contributed by atoms with van der Waals surface area (Å²) >= 11 is 0. The van der Waals surface area contributed by atoms with Crippen molar-refractivity contribution >= 4 is 17.5 Å². The van der Waals surface area contributed by atoms with Crippen LogP contribution >= 0.6 is 0 Å². The molecule has 1 aromatic heterocycles. The molecule has 0 fully saturated rings. The first-order chi connectivity index (χ1) is 10.4. The van der Waals surface area contributed by atoms with Crippen molar-refractivity contribution in [2.24, 2.45) is 10.9 Å². The highest BCUT2D eigenvalue weighted by atomic mass is 16.2. The van der Waals surface area contributed by atoms with E-state index in [4.69, 9.17) is 10.1 Å². The third kappa shape index (κ3) is 2.12. The largest absolute Gasteiger partial charge is 0.396 e. The fourth-order valence-electron chi connectivity index (χ4n) is 3.58. The number of aromatic nitrogens is 1. The second kappa shape index (κ2) is 5.15. The molecule has 0 spiro atoms. The SMILES string of the molecule is OCCCC1C=CC2=C(C1)N=CC1=CCCc3ccn2c31. The first-order valence-electron chi connectivity index (χ1n) is 7.84. The topological polar surface area (TPSA) is 37.5 Å². The van der Waals surface area contributed by atoms with Crippen LogP contribution in [0.25, 0.3) is 11.3 Å². The fourth-order valence-corrected chi connectivity index (χ4v) is 3.58. The van der Waals surface area contributed by atoms with Gasteiger partial charge in [-0.25, -0.2) is 0 Å². The summed E-state index contributed by atoms with van der Waals surface area (Å²) in [7, 11) is 0. The van der Waals surface area contributed by atoms with Crippen LogP contribution in [0.2, 0.25) is 0 Å². The van der Waals surface area contributed by atoms with E-state index in [0.717, 1.165) is 32.1 Å². The predicted molar refractivity (Wildman–Crippen MR) is 86.0 cm³/mol. The Hall–Kier alpha value is -1.87. The minimum atomic E-state index is 0.275. The van der Waals surface area contributed by atoms with Gasteiger partial charge < -0.3 is 9.67 Å². The average Bonchev–Trinajstić information content (AvgIpc) is 2.88. The molecule has 1 aromatic rings. The number of aryl methyl sites for hydroxylation is 1. The van der Waals surface area contributed by atoms with Crippen molar-refractivity contribution in [3.63, 3.8) is 0 Å². The summed E-state index contributed by atoms with van der Waals surface area (Å²) in [5.41, 5.74) is 6.42. The number of nitrogens with zero attached hydrogens (tertiary/aromatic N) is 2. The second-order valence-corrected chi connectivity index (χ2v) is 6.04. The van der Waals surface area contributed by atoms with Gasteiger partial charge in [0.25, 0.3) is 0 Å². The maximum absolute atomic E-state index is 9.00. The van der Waals surface area contributed by atoms with Gasteiger partial charge >= 0.3 is 0 Å². The number of hydrogen-bond acceptors (Lipinski definition) is 2. The van der Waals surface area contributed by atoms with E-state index >= 15 is 0 Å². The smallest absolute Gasteiger partial charge is 0.0668 e. The van der Waals surface area contributed by atoms with E-state index in [1.165, 1.54) is 28.2 Å². The standard InChI is InChI=1S/C18H20N2O/c21-10-2-3-13-6-7-17-16(11-13)19-12-15-5-1-4-14-8-9-20(17)18(14)15/h5-9,12-13,21H,1-4,10-11H2. The van der Waals surface area contributed by atoms with Crippen LogP contribution in [-0.2, 0) is 6.42 Å². The molecule has 21 heavy (non-hydrogen) atoms. The summed E-state index contributed by atoms with van der Waals surface area (Å²) < 4.78 is 2.31. The Kier molecular flexibility index (Phi) is 3.15. The van der Waals surface area contributed by atoms with Crippen molar-refractivity contribution in [3.05, 3.63) is 47.4 Å². The lowest BCUT2D eigenvalue weighted by Gasteiger charge is -2.21. The Labute approximate surface area is 125 Å². The molecule has 3 nitrogen and oxygen atoms in total. The lowest BCUT2D eigenvalue weighted by Crippen LogP contribution is -2.09. The third-order valence-electron chi connectivity index (χ3n) is 4.65. The average molecular weight is 280 g/mol. The van der Waals surface area contributed by atoms with Crippen molar-refractivity contribution in [1.82, 2.24) is 4.57 Å². The van der Waals surface area contributed by atoms with E-state index < -0.39 is 0 Å². The second-order valence-electron chi connectivity index (χ2n) is 6.04. The Morgan fingerprint density at radius 2 is 2.33 bits per heavy atom. The van der Waals surface area contributed by atoms with Gasteiger partial charge in [-0.15, -0.1) is 0 Å². The molecule has 108 valence electrons. The Morgan fingerprint density at radius 1 is 1.38 bits per heavy atom. The van der Waals surface area contributed by atoms with Gasteiger partial charge in [0.15, 0.2) is 0 Å². The molecule has 3 aliphatic rings. The maximum Gasteiger partial charge on any atom is 0.0668 e. The lowest BCUT2D eigenvalue weighted by molar-refractivity contribution is 0.276. The minimum Gasteiger partial charge on any atom is -0.396 e. The molecule has 0 aromatic carbocycles. The number of allylic oxidation sites excluding steroid dienone is 6. The number of aliphatic hydroxyl groups is 1. The molecule has 1 aliphatic heterocycles. The molecule has 1 unspecified atom stereocenters. The van der Waals surface area contributed by atoms with Crippen LogP contribution < -0.4 is 0 Å². The number of aliphatic hydroxyl groups excluding tert-OH is 1. The molecule has 0 radical (unpaired) electrons. The van der Waals surface area contributed by atoms with Crippen molar-refractivity contribution in [1.29, 1.82) is 0 Å². The van der Waals surface area contributed by atoms with Gasteiger partial charge in [0.1, 0.15) is 0 Å². The number of aliphatic imine (C=N–C) groups is 1. The Bertz CT molecular complexity index is 688. The molecule has 2 heterocycles. The van der Waals surface area contributed by atoms with E-state index in [0.29, 0.717) is 5.92 Å². The van der Waals surface area contributed by atoms with Gasteiger partial charge in [-0.1, -0.05) is 12.2 Å². The van der Waals surface area contributed by atoms with Crippen LogP contribution in [0.3, 0.4) is 0 Å². The Morgan fingerprint density at radius 3 is 3.24 bits per heavy atom. The van der Waals surface area contributed by atoms with Crippen molar-refractivity contribution < 1.29 is 5.11 Å². The monoisotopic (exact) mass is 280 g/mol. The van der Waals surface area contributed by atoms with Crippen molar-refractivity contribution in [3.8, 4) is 0 Å². The van der Waals surface area contributed by atoms with E-state index in [2.05, 4.69) is 35.1 Å². The zero-order valence-corrected chi connectivity index (χ0v) is 12.1. The van der Waals surface area contributed by atoms with Gasteiger partial charge in [-0.2, -0.15) is 0 Å². The number of rotatable bonds is 3. The molecule has 3 heteroatoms. The van der Waals surface area contributed by atoms with E-state index in [-0.39, 0.29) is 6.61 Å². The van der Waals surface area contributed by atoms with E-state index in [1.54, 1.807) is 0 Å². The van der Waals surface area contributed by atoms with E-state index in [9.17, 15) is 0 Å². The van der Waals surface area contributed by atoms with Crippen molar-refractivity contribution in [2.45, 2.75) is 32.1 Å². The molecule has 0 saturated heterocycles. The zero-order chi connectivity index (χ0) is 14.2.